The lowest BCUT2D eigenvalue weighted by molar-refractivity contribution is 0.291. The van der Waals surface area contributed by atoms with Crippen LogP contribution < -0.4 is 5.73 Å². The van der Waals surface area contributed by atoms with Crippen molar-refractivity contribution in [2.24, 2.45) is 5.73 Å². The summed E-state index contributed by atoms with van der Waals surface area (Å²) in [7, 11) is 0. The molecule has 0 aliphatic heterocycles. The molecule has 0 bridgehead atoms. The molecule has 0 saturated heterocycles. The molecule has 1 atom stereocenters. The van der Waals surface area contributed by atoms with Crippen molar-refractivity contribution in [3.8, 4) is 0 Å². The minimum absolute atomic E-state index is 0.0116. The normalized spacial score (nSPS) is 12.9. The molecule has 0 spiro atoms. The number of halogens is 1. The molecule has 2 N–H and O–H groups in total. The third kappa shape index (κ3) is 5.98. The predicted molar refractivity (Wildman–Crippen MR) is 33.2 cm³/mol. The van der Waals surface area contributed by atoms with Crippen molar-refractivity contribution >= 4 is 29.0 Å². The van der Waals surface area contributed by atoms with Crippen molar-refractivity contribution in [2.45, 2.75) is 12.5 Å². The highest BCUT2D eigenvalue weighted by molar-refractivity contribution is 7.80. The Hall–Kier alpha value is -0.0200. The molecule has 42 valence electrons. The maximum Gasteiger partial charge on any atom is 0.255 e. The second kappa shape index (κ2) is 3.04. The summed E-state index contributed by atoms with van der Waals surface area (Å²) >= 11 is 9.63. The van der Waals surface area contributed by atoms with Gasteiger partial charge in [-0.15, -0.1) is 0 Å². The summed E-state index contributed by atoms with van der Waals surface area (Å²) in [5, 5.41) is -0.0116. The molecule has 0 heterocycles. The molecule has 0 aromatic carbocycles. The van der Waals surface area contributed by atoms with Crippen LogP contribution in [0.15, 0.2) is 0 Å². The van der Waals surface area contributed by atoms with Gasteiger partial charge in [-0.05, 0) is 19.1 Å². The van der Waals surface area contributed by atoms with Crippen molar-refractivity contribution < 1.29 is 4.74 Å². The fraction of sp³-hybridized carbons (Fsp3) is 0.667. The Labute approximate surface area is 52.6 Å². The van der Waals surface area contributed by atoms with Gasteiger partial charge in [-0.1, -0.05) is 11.6 Å². The molecular formula is C3H6ClNOS. The molecule has 1 unspecified atom stereocenters. The second-order valence-corrected chi connectivity index (χ2v) is 2.00. The van der Waals surface area contributed by atoms with Gasteiger partial charge in [0.1, 0.15) is 0 Å². The number of hydrogen-bond donors (Lipinski definition) is 1. The molecule has 0 radical (unpaired) electrons. The van der Waals surface area contributed by atoms with Gasteiger partial charge in [-0.25, -0.2) is 0 Å². The van der Waals surface area contributed by atoms with Gasteiger partial charge in [0.05, 0.1) is 0 Å². The monoisotopic (exact) mass is 139 g/mol. The van der Waals surface area contributed by atoms with Crippen LogP contribution in [0.3, 0.4) is 0 Å². The Morgan fingerprint density at radius 2 is 2.43 bits per heavy atom. The van der Waals surface area contributed by atoms with Gasteiger partial charge in [0.15, 0.2) is 5.56 Å². The number of alkyl halides is 1. The topological polar surface area (TPSA) is 35.2 Å². The minimum Gasteiger partial charge on any atom is -0.452 e. The summed E-state index contributed by atoms with van der Waals surface area (Å²) < 4.78 is 4.52. The third-order valence-corrected chi connectivity index (χ3v) is 0.464. The Balaban J connectivity index is 3.13. The van der Waals surface area contributed by atoms with Crippen molar-refractivity contribution in [3.63, 3.8) is 0 Å². The molecule has 0 rings (SSSR count). The lowest BCUT2D eigenvalue weighted by atomic mass is 10.9. The van der Waals surface area contributed by atoms with E-state index < -0.39 is 5.56 Å². The average molecular weight is 140 g/mol. The molecule has 0 aliphatic rings. The highest BCUT2D eigenvalue weighted by Gasteiger charge is 1.93. The second-order valence-electron chi connectivity index (χ2n) is 0.980. The van der Waals surface area contributed by atoms with Gasteiger partial charge in [-0.3, -0.25) is 0 Å². The summed E-state index contributed by atoms with van der Waals surface area (Å²) in [4.78, 5) is 0. The van der Waals surface area contributed by atoms with Crippen LogP contribution in [0.4, 0.5) is 0 Å². The summed E-state index contributed by atoms with van der Waals surface area (Å²) in [6, 6.07) is 0. The largest absolute Gasteiger partial charge is 0.452 e. The van der Waals surface area contributed by atoms with Crippen molar-refractivity contribution in [2.75, 3.05) is 0 Å². The zero-order valence-electron chi connectivity index (χ0n) is 3.85. The summed E-state index contributed by atoms with van der Waals surface area (Å²) in [6.45, 7) is 1.64. The SMILES string of the molecule is CC(Cl)OC(N)=S. The first-order valence-corrected chi connectivity index (χ1v) is 2.57. The van der Waals surface area contributed by atoms with E-state index in [1.54, 1.807) is 6.92 Å². The van der Waals surface area contributed by atoms with Gasteiger partial charge < -0.3 is 10.5 Å². The lowest BCUT2D eigenvalue weighted by Crippen LogP contribution is -2.15. The standard InChI is InChI=1S/C3H6ClNOS/c1-2(4)6-3(5)7/h2H,1H3,(H2,5,7). The fourth-order valence-electron chi connectivity index (χ4n) is 0.160. The first-order chi connectivity index (χ1) is 3.13. The highest BCUT2D eigenvalue weighted by Crippen LogP contribution is 1.93. The van der Waals surface area contributed by atoms with Crippen LogP contribution in [0.5, 0.6) is 0 Å². The maximum absolute atomic E-state index is 5.28. The molecular weight excluding hydrogens is 134 g/mol. The summed E-state index contributed by atoms with van der Waals surface area (Å²) in [5.74, 6) is 0. The quantitative estimate of drug-likeness (QED) is 0.432. The number of rotatable bonds is 1. The van der Waals surface area contributed by atoms with Gasteiger partial charge in [0, 0.05) is 0 Å². The molecule has 0 saturated carbocycles. The maximum atomic E-state index is 5.28. The van der Waals surface area contributed by atoms with Crippen LogP contribution in [0, 0.1) is 0 Å². The lowest BCUT2D eigenvalue weighted by Gasteiger charge is -2.01. The zero-order valence-corrected chi connectivity index (χ0v) is 5.42. The Bertz CT molecular complexity index is 75.3. The molecule has 0 aliphatic carbocycles. The molecule has 7 heavy (non-hydrogen) atoms. The number of ether oxygens (including phenoxy) is 1. The van der Waals surface area contributed by atoms with E-state index in [0.717, 1.165) is 0 Å². The average Bonchev–Trinajstić information content (AvgIpc) is 1.27. The van der Waals surface area contributed by atoms with E-state index in [1.165, 1.54) is 0 Å². The minimum atomic E-state index is -0.419. The van der Waals surface area contributed by atoms with Gasteiger partial charge in [-0.2, -0.15) is 0 Å². The van der Waals surface area contributed by atoms with E-state index >= 15 is 0 Å². The van der Waals surface area contributed by atoms with Crippen LogP contribution in [0.25, 0.3) is 0 Å². The van der Waals surface area contributed by atoms with Gasteiger partial charge >= 0.3 is 0 Å². The predicted octanol–water partition coefficient (Wildman–Crippen LogP) is 0.831. The Morgan fingerprint density at radius 3 is 2.43 bits per heavy atom. The van der Waals surface area contributed by atoms with E-state index in [0.29, 0.717) is 0 Å². The van der Waals surface area contributed by atoms with E-state index in [2.05, 4.69) is 17.0 Å². The van der Waals surface area contributed by atoms with Crippen LogP contribution in [0.1, 0.15) is 6.92 Å². The molecule has 2 nitrogen and oxygen atoms in total. The van der Waals surface area contributed by atoms with E-state index in [9.17, 15) is 0 Å². The van der Waals surface area contributed by atoms with Gasteiger partial charge in [0.25, 0.3) is 5.17 Å². The first-order valence-electron chi connectivity index (χ1n) is 1.73. The molecule has 4 heteroatoms. The van der Waals surface area contributed by atoms with Crippen LogP contribution in [-0.2, 0) is 4.74 Å². The van der Waals surface area contributed by atoms with Crippen molar-refractivity contribution in [1.82, 2.24) is 0 Å². The van der Waals surface area contributed by atoms with Gasteiger partial charge in [0.2, 0.25) is 0 Å². The molecule has 0 aromatic heterocycles. The molecule has 0 aromatic rings. The highest BCUT2D eigenvalue weighted by atomic mass is 35.5. The Morgan fingerprint density at radius 1 is 2.00 bits per heavy atom. The van der Waals surface area contributed by atoms with Crippen LogP contribution in [-0.4, -0.2) is 10.7 Å². The third-order valence-electron chi connectivity index (χ3n) is 0.279. The number of nitrogens with two attached hydrogens (primary N) is 1. The van der Waals surface area contributed by atoms with E-state index in [4.69, 9.17) is 17.3 Å². The number of thiocarbonyl (C=S) groups is 1. The summed E-state index contributed by atoms with van der Waals surface area (Å²) in [6.07, 6.45) is 0. The molecule has 0 fully saturated rings. The number of hydrogen-bond acceptors (Lipinski definition) is 2. The smallest absolute Gasteiger partial charge is 0.255 e. The molecule has 0 amide bonds. The van der Waals surface area contributed by atoms with Crippen molar-refractivity contribution in [1.29, 1.82) is 0 Å². The fourth-order valence-corrected chi connectivity index (χ4v) is 0.453. The van der Waals surface area contributed by atoms with Crippen LogP contribution >= 0.6 is 23.8 Å². The Kier molecular flexibility index (Phi) is 3.04. The summed E-state index contributed by atoms with van der Waals surface area (Å²) in [5.41, 5.74) is 4.50. The van der Waals surface area contributed by atoms with Crippen molar-refractivity contribution in [3.05, 3.63) is 0 Å². The van der Waals surface area contributed by atoms with Crippen LogP contribution in [0.2, 0.25) is 0 Å². The van der Waals surface area contributed by atoms with E-state index in [1.807, 2.05) is 0 Å². The van der Waals surface area contributed by atoms with E-state index in [-0.39, 0.29) is 5.17 Å². The first kappa shape index (κ1) is 6.98. The zero-order chi connectivity index (χ0) is 5.86.